The molecule has 15 aromatic rings. The van der Waals surface area contributed by atoms with Crippen molar-refractivity contribution < 1.29 is 20.1 Å². The van der Waals surface area contributed by atoms with Crippen LogP contribution in [0, 0.1) is 18.2 Å². The molecule has 3 heterocycles. The molecule has 0 aliphatic carbocycles. The molecule has 0 saturated carbocycles. The zero-order valence-electron chi connectivity index (χ0n) is 49.5. The summed E-state index contributed by atoms with van der Waals surface area (Å²) in [6.45, 7) is 0. The fourth-order valence-corrected chi connectivity index (χ4v) is 12.5. The SMILES string of the molecule is [Ir+3].[c-]1cc(-c2ccccc2-c2cc(-c3ccccc3-c3c[c-]c(-c4ccccn4)cc3-c3ccccc3)cc(-c3ccc(-c4ccccc4)cc3-c3c[c-]c(-c4ccccn4)cc3-c3cccc(-c4ccccc4)c3)c2)c(-c2ccccc2)cc1-c1ccccn1. The third-order valence-corrected chi connectivity index (χ3v) is 16.8. The van der Waals surface area contributed by atoms with E-state index in [1.54, 1.807) is 0 Å². The Morgan fingerprint density at radius 1 is 0.176 bits per heavy atom. The van der Waals surface area contributed by atoms with Crippen LogP contribution in [0.15, 0.2) is 340 Å². The van der Waals surface area contributed by atoms with Crippen molar-refractivity contribution in [1.82, 2.24) is 15.0 Å². The van der Waals surface area contributed by atoms with Crippen molar-refractivity contribution in [3.8, 4) is 156 Å². The maximum Gasteiger partial charge on any atom is 3.00 e. The van der Waals surface area contributed by atoms with Crippen molar-refractivity contribution in [1.29, 1.82) is 0 Å². The normalized spacial score (nSPS) is 11.0. The van der Waals surface area contributed by atoms with Gasteiger partial charge >= 0.3 is 20.1 Å². The van der Waals surface area contributed by atoms with Crippen LogP contribution in [-0.4, -0.2) is 15.0 Å². The minimum absolute atomic E-state index is 0. The molecule has 0 atom stereocenters. The Morgan fingerprint density at radius 2 is 0.484 bits per heavy atom. The molecule has 0 fully saturated rings. The molecule has 0 saturated heterocycles. The van der Waals surface area contributed by atoms with E-state index in [4.69, 9.17) is 15.0 Å². The van der Waals surface area contributed by atoms with Gasteiger partial charge in [-0.3, -0.25) is 0 Å². The largest absolute Gasteiger partial charge is 3.00 e. The first-order valence-corrected chi connectivity index (χ1v) is 30.4. The van der Waals surface area contributed by atoms with Gasteiger partial charge in [-0.2, -0.15) is 0 Å². The van der Waals surface area contributed by atoms with E-state index < -0.39 is 0 Å². The zero-order chi connectivity index (χ0) is 60.0. The van der Waals surface area contributed by atoms with Crippen molar-refractivity contribution >= 4 is 0 Å². The van der Waals surface area contributed by atoms with Gasteiger partial charge in [0, 0.05) is 18.6 Å². The van der Waals surface area contributed by atoms with Crippen molar-refractivity contribution in [2.45, 2.75) is 0 Å². The molecule has 0 amide bonds. The molecule has 0 bridgehead atoms. The summed E-state index contributed by atoms with van der Waals surface area (Å²) in [6, 6.07) is 126. The topological polar surface area (TPSA) is 38.7 Å². The molecular formula is C87H56IrN3. The molecule has 15 rings (SSSR count). The van der Waals surface area contributed by atoms with Gasteiger partial charge in [-0.05, 0) is 132 Å². The summed E-state index contributed by atoms with van der Waals surface area (Å²) < 4.78 is 0. The van der Waals surface area contributed by atoms with E-state index in [9.17, 15) is 0 Å². The van der Waals surface area contributed by atoms with Gasteiger partial charge in [-0.25, -0.2) is 0 Å². The van der Waals surface area contributed by atoms with Gasteiger partial charge in [0.2, 0.25) is 0 Å². The molecule has 0 aliphatic heterocycles. The van der Waals surface area contributed by atoms with E-state index in [1.165, 1.54) is 0 Å². The molecule has 3 nitrogen and oxygen atoms in total. The summed E-state index contributed by atoms with van der Waals surface area (Å²) in [6.07, 6.45) is 5.54. The van der Waals surface area contributed by atoms with Crippen LogP contribution in [0.2, 0.25) is 0 Å². The van der Waals surface area contributed by atoms with Crippen molar-refractivity contribution in [3.05, 3.63) is 358 Å². The Bertz CT molecular complexity index is 4830. The molecule has 0 N–H and O–H groups in total. The Balaban J connectivity index is 0.00000721. The molecule has 0 unspecified atom stereocenters. The van der Waals surface area contributed by atoms with Gasteiger partial charge in [0.05, 0.1) is 0 Å². The van der Waals surface area contributed by atoms with Crippen LogP contribution < -0.4 is 0 Å². The first kappa shape index (κ1) is 57.5. The molecular weight excluding hydrogens is 1280 g/mol. The minimum Gasteiger partial charge on any atom is -0.305 e. The van der Waals surface area contributed by atoms with Crippen LogP contribution in [0.5, 0.6) is 0 Å². The van der Waals surface area contributed by atoms with Gasteiger partial charge in [-0.1, -0.05) is 293 Å². The second kappa shape index (κ2) is 26.2. The first-order chi connectivity index (χ1) is 44.6. The summed E-state index contributed by atoms with van der Waals surface area (Å²) in [5.41, 5.74) is 29.3. The summed E-state index contributed by atoms with van der Waals surface area (Å²) in [7, 11) is 0. The summed E-state index contributed by atoms with van der Waals surface area (Å²) in [4.78, 5) is 14.4. The van der Waals surface area contributed by atoms with Crippen molar-refractivity contribution in [3.63, 3.8) is 0 Å². The van der Waals surface area contributed by atoms with Gasteiger partial charge in [0.15, 0.2) is 0 Å². The van der Waals surface area contributed by atoms with Crippen molar-refractivity contribution in [2.24, 2.45) is 0 Å². The Kier molecular flexibility index (Phi) is 16.6. The first-order valence-electron chi connectivity index (χ1n) is 30.4. The van der Waals surface area contributed by atoms with E-state index >= 15 is 0 Å². The summed E-state index contributed by atoms with van der Waals surface area (Å²) >= 11 is 0. The number of hydrogen-bond donors (Lipinski definition) is 0. The summed E-state index contributed by atoms with van der Waals surface area (Å²) in [5.74, 6) is 0. The average Bonchev–Trinajstić information content (AvgIpc) is 0.894. The van der Waals surface area contributed by atoms with Crippen LogP contribution >= 0.6 is 0 Å². The number of pyridine rings is 3. The van der Waals surface area contributed by atoms with E-state index in [-0.39, 0.29) is 20.1 Å². The fourth-order valence-electron chi connectivity index (χ4n) is 12.5. The van der Waals surface area contributed by atoms with E-state index in [0.717, 1.165) is 156 Å². The predicted octanol–water partition coefficient (Wildman–Crippen LogP) is 22.6. The van der Waals surface area contributed by atoms with Gasteiger partial charge in [-0.15, -0.1) is 71.3 Å². The van der Waals surface area contributed by atoms with Gasteiger partial charge in [0.1, 0.15) is 0 Å². The summed E-state index contributed by atoms with van der Waals surface area (Å²) in [5, 5.41) is 0. The second-order valence-electron chi connectivity index (χ2n) is 22.4. The van der Waals surface area contributed by atoms with Crippen LogP contribution in [-0.2, 0) is 20.1 Å². The molecule has 3 aromatic heterocycles. The number of rotatable bonds is 14. The van der Waals surface area contributed by atoms with Crippen LogP contribution in [0.1, 0.15) is 0 Å². The molecule has 0 spiro atoms. The predicted molar refractivity (Wildman–Crippen MR) is 372 cm³/mol. The van der Waals surface area contributed by atoms with Crippen LogP contribution in [0.3, 0.4) is 0 Å². The third-order valence-electron chi connectivity index (χ3n) is 16.8. The maximum absolute atomic E-state index is 4.85. The van der Waals surface area contributed by atoms with Gasteiger partial charge < -0.3 is 15.0 Å². The van der Waals surface area contributed by atoms with Gasteiger partial charge in [0.25, 0.3) is 0 Å². The Hall–Kier alpha value is -11.3. The van der Waals surface area contributed by atoms with E-state index in [1.807, 2.05) is 67.1 Å². The number of nitrogens with zero attached hydrogens (tertiary/aromatic N) is 3. The van der Waals surface area contributed by atoms with E-state index in [2.05, 4.69) is 291 Å². The van der Waals surface area contributed by atoms with Crippen LogP contribution in [0.25, 0.3) is 156 Å². The quantitative estimate of drug-likeness (QED) is 0.102. The minimum atomic E-state index is 0. The molecule has 0 radical (unpaired) electrons. The molecule has 91 heavy (non-hydrogen) atoms. The Labute approximate surface area is 545 Å². The number of benzene rings is 12. The van der Waals surface area contributed by atoms with Crippen molar-refractivity contribution in [2.75, 3.05) is 0 Å². The molecule has 428 valence electrons. The van der Waals surface area contributed by atoms with Crippen LogP contribution in [0.4, 0.5) is 0 Å². The molecule has 12 aromatic carbocycles. The second-order valence-corrected chi connectivity index (χ2v) is 22.4. The average molecular weight is 1340 g/mol. The molecule has 4 heteroatoms. The monoisotopic (exact) mass is 1340 g/mol. The number of aromatic nitrogens is 3. The zero-order valence-corrected chi connectivity index (χ0v) is 51.9. The number of hydrogen-bond acceptors (Lipinski definition) is 3. The maximum atomic E-state index is 4.85. The molecule has 0 aliphatic rings. The fraction of sp³-hybridized carbons (Fsp3) is 0. The third kappa shape index (κ3) is 12.0. The standard InChI is InChI=1S/C87H56N3.Ir/c1-5-24-60(25-6-1)64-32-23-33-66(52-64)83-59-69(87-40-19-22-51-90-87)44-48-80(83)84-56-65(61-26-7-2-8-27-61)41-45-75(84)72-54-70(73-34-13-15-36-76(73)78-46-42-67(85-38-17-20-49-88-85)57-81(78)62-28-9-3-10-29-62)53-71(55-72)74-35-14-16-37-77(74)79-47-43-68(86-39-18-21-50-89-86)58-82(79)63-30-11-4-12-31-63;/h1-41,45-59H;/q-3;+3. The Morgan fingerprint density at radius 3 is 0.890 bits per heavy atom. The smallest absolute Gasteiger partial charge is 0.305 e. The van der Waals surface area contributed by atoms with E-state index in [0.29, 0.717) is 0 Å².